The Morgan fingerprint density at radius 3 is 2.17 bits per heavy atom. The second-order valence-corrected chi connectivity index (χ2v) is 5.41. The third-order valence-corrected chi connectivity index (χ3v) is 4.08. The molecule has 0 spiro atoms. The van der Waals surface area contributed by atoms with Gasteiger partial charge in [0.1, 0.15) is 5.75 Å². The van der Waals surface area contributed by atoms with Gasteiger partial charge in [-0.2, -0.15) is 0 Å². The van der Waals surface area contributed by atoms with Crippen LogP contribution >= 0.6 is 0 Å². The summed E-state index contributed by atoms with van der Waals surface area (Å²) in [6.07, 6.45) is 0.883. The van der Waals surface area contributed by atoms with E-state index in [1.807, 2.05) is 61.6 Å². The predicted molar refractivity (Wildman–Crippen MR) is 98.8 cm³/mol. The highest BCUT2D eigenvalue weighted by atomic mass is 16.5. The molecule has 3 aromatic carbocycles. The highest BCUT2D eigenvalue weighted by Crippen LogP contribution is 2.39. The molecule has 3 rings (SSSR count). The van der Waals surface area contributed by atoms with E-state index in [4.69, 9.17) is 4.74 Å². The highest BCUT2D eigenvalue weighted by Gasteiger charge is 2.15. The number of carbonyl (C=O) groups excluding carboxylic acids is 1. The van der Waals surface area contributed by atoms with Crippen LogP contribution in [0.3, 0.4) is 0 Å². The van der Waals surface area contributed by atoms with Crippen molar-refractivity contribution in [1.82, 2.24) is 0 Å². The zero-order valence-corrected chi connectivity index (χ0v) is 13.7. The lowest BCUT2D eigenvalue weighted by molar-refractivity contribution is 0.112. The van der Waals surface area contributed by atoms with Crippen molar-refractivity contribution in [2.24, 2.45) is 0 Å². The predicted octanol–water partition coefficient (Wildman–Crippen LogP) is 4.88. The van der Waals surface area contributed by atoms with Crippen LogP contribution in [0.5, 0.6) is 5.75 Å². The molecule has 0 amide bonds. The number of aldehydes is 1. The van der Waals surface area contributed by atoms with E-state index < -0.39 is 0 Å². The largest absolute Gasteiger partial charge is 0.497 e. The van der Waals surface area contributed by atoms with Crippen molar-refractivity contribution in [1.29, 1.82) is 0 Å². The van der Waals surface area contributed by atoms with Crippen molar-refractivity contribution in [2.75, 3.05) is 19.5 Å². The Balaban J connectivity index is 2.28. The second kappa shape index (κ2) is 7.01. The van der Waals surface area contributed by atoms with Gasteiger partial charge in [0.05, 0.1) is 12.8 Å². The van der Waals surface area contributed by atoms with Gasteiger partial charge in [0.2, 0.25) is 0 Å². The van der Waals surface area contributed by atoms with Crippen molar-refractivity contribution >= 4 is 12.0 Å². The van der Waals surface area contributed by atoms with Crippen LogP contribution in [0.25, 0.3) is 22.3 Å². The first kappa shape index (κ1) is 15.8. The second-order valence-electron chi connectivity index (χ2n) is 5.41. The van der Waals surface area contributed by atoms with Crippen LogP contribution in [0.1, 0.15) is 10.4 Å². The normalized spacial score (nSPS) is 10.2. The van der Waals surface area contributed by atoms with Crippen molar-refractivity contribution < 1.29 is 9.53 Å². The molecule has 0 aromatic heterocycles. The first-order valence-corrected chi connectivity index (χ1v) is 7.78. The van der Waals surface area contributed by atoms with Gasteiger partial charge < -0.3 is 10.1 Å². The summed E-state index contributed by atoms with van der Waals surface area (Å²) < 4.78 is 5.25. The number of anilines is 1. The molecule has 0 aliphatic carbocycles. The lowest BCUT2D eigenvalue weighted by atomic mass is 9.91. The van der Waals surface area contributed by atoms with Crippen LogP contribution in [0.15, 0.2) is 66.7 Å². The van der Waals surface area contributed by atoms with Crippen molar-refractivity contribution in [3.8, 4) is 28.0 Å². The Morgan fingerprint density at radius 1 is 0.875 bits per heavy atom. The average molecular weight is 317 g/mol. The summed E-state index contributed by atoms with van der Waals surface area (Å²) in [5.41, 5.74) is 5.70. The van der Waals surface area contributed by atoms with Crippen LogP contribution in [-0.2, 0) is 0 Å². The third kappa shape index (κ3) is 2.88. The third-order valence-electron chi connectivity index (χ3n) is 4.08. The van der Waals surface area contributed by atoms with Gasteiger partial charge in [-0.3, -0.25) is 4.79 Å². The SMILES string of the molecule is CNc1c(C=O)ccc(-c2ccccc2)c1-c1ccc(OC)cc1. The van der Waals surface area contributed by atoms with Gasteiger partial charge in [-0.25, -0.2) is 0 Å². The minimum atomic E-state index is 0.642. The summed E-state index contributed by atoms with van der Waals surface area (Å²) in [5.74, 6) is 0.803. The smallest absolute Gasteiger partial charge is 0.152 e. The fraction of sp³-hybridized carbons (Fsp3) is 0.0952. The van der Waals surface area contributed by atoms with Gasteiger partial charge in [-0.1, -0.05) is 48.5 Å². The first-order valence-electron chi connectivity index (χ1n) is 7.78. The maximum absolute atomic E-state index is 11.5. The molecule has 0 saturated carbocycles. The first-order chi connectivity index (χ1) is 11.8. The topological polar surface area (TPSA) is 38.3 Å². The van der Waals surface area contributed by atoms with E-state index in [1.165, 1.54) is 0 Å². The Labute approximate surface area is 141 Å². The fourth-order valence-corrected chi connectivity index (χ4v) is 2.90. The summed E-state index contributed by atoms with van der Waals surface area (Å²) in [6, 6.07) is 21.9. The van der Waals surface area contributed by atoms with Gasteiger partial charge in [-0.15, -0.1) is 0 Å². The quantitative estimate of drug-likeness (QED) is 0.681. The van der Waals surface area contributed by atoms with Crippen LogP contribution < -0.4 is 10.1 Å². The number of carbonyl (C=O) groups is 1. The lowest BCUT2D eigenvalue weighted by Crippen LogP contribution is -2.00. The molecule has 0 bridgehead atoms. The van der Waals surface area contributed by atoms with Crippen molar-refractivity contribution in [2.45, 2.75) is 0 Å². The number of nitrogens with one attached hydrogen (secondary N) is 1. The molecule has 1 N–H and O–H groups in total. The number of methoxy groups -OCH3 is 1. The molecule has 0 unspecified atom stereocenters. The molecule has 24 heavy (non-hydrogen) atoms. The molecule has 3 aromatic rings. The van der Waals surface area contributed by atoms with E-state index in [-0.39, 0.29) is 0 Å². The zero-order chi connectivity index (χ0) is 16.9. The number of hydrogen-bond acceptors (Lipinski definition) is 3. The minimum Gasteiger partial charge on any atom is -0.497 e. The van der Waals surface area contributed by atoms with Gasteiger partial charge >= 0.3 is 0 Å². The Kier molecular flexibility index (Phi) is 4.62. The molecular formula is C21H19NO2. The molecule has 0 atom stereocenters. The van der Waals surface area contributed by atoms with Crippen LogP contribution in [0.2, 0.25) is 0 Å². The van der Waals surface area contributed by atoms with E-state index in [0.717, 1.165) is 40.0 Å². The molecular weight excluding hydrogens is 298 g/mol. The van der Waals surface area contributed by atoms with Crippen LogP contribution in [-0.4, -0.2) is 20.4 Å². The van der Waals surface area contributed by atoms with E-state index in [9.17, 15) is 4.79 Å². The monoisotopic (exact) mass is 317 g/mol. The standard InChI is InChI=1S/C21H19NO2/c1-22-21-17(14-23)10-13-19(15-6-4-3-5-7-15)20(21)16-8-11-18(24-2)12-9-16/h3-14,22H,1-2H3. The van der Waals surface area contributed by atoms with Gasteiger partial charge in [0.15, 0.2) is 6.29 Å². The van der Waals surface area contributed by atoms with Gasteiger partial charge in [-0.05, 0) is 34.9 Å². The lowest BCUT2D eigenvalue weighted by Gasteiger charge is -2.17. The Morgan fingerprint density at radius 2 is 1.58 bits per heavy atom. The fourth-order valence-electron chi connectivity index (χ4n) is 2.90. The summed E-state index contributed by atoms with van der Waals surface area (Å²) in [5, 5.41) is 3.19. The number of ether oxygens (including phenoxy) is 1. The maximum Gasteiger partial charge on any atom is 0.152 e. The summed E-state index contributed by atoms with van der Waals surface area (Å²) in [4.78, 5) is 11.5. The van der Waals surface area contributed by atoms with Crippen LogP contribution in [0.4, 0.5) is 5.69 Å². The summed E-state index contributed by atoms with van der Waals surface area (Å²) in [6.45, 7) is 0. The van der Waals surface area contributed by atoms with Crippen LogP contribution in [0, 0.1) is 0 Å². The molecule has 0 aliphatic rings. The van der Waals surface area contributed by atoms with Crippen molar-refractivity contribution in [3.05, 3.63) is 72.3 Å². The van der Waals surface area contributed by atoms with Gasteiger partial charge in [0, 0.05) is 18.2 Å². The molecule has 3 heteroatoms. The number of rotatable bonds is 5. The number of hydrogen-bond donors (Lipinski definition) is 1. The summed E-state index contributed by atoms with van der Waals surface area (Å²) in [7, 11) is 3.49. The van der Waals surface area contributed by atoms with E-state index >= 15 is 0 Å². The number of benzene rings is 3. The van der Waals surface area contributed by atoms with Gasteiger partial charge in [0.25, 0.3) is 0 Å². The summed E-state index contributed by atoms with van der Waals surface area (Å²) >= 11 is 0. The molecule has 0 saturated heterocycles. The highest BCUT2D eigenvalue weighted by molar-refractivity contribution is 5.99. The molecule has 0 aliphatic heterocycles. The van der Waals surface area contributed by atoms with Crippen molar-refractivity contribution in [3.63, 3.8) is 0 Å². The minimum absolute atomic E-state index is 0.642. The molecule has 0 fully saturated rings. The molecule has 0 radical (unpaired) electrons. The molecule has 0 heterocycles. The van der Waals surface area contributed by atoms with E-state index in [0.29, 0.717) is 5.56 Å². The molecule has 3 nitrogen and oxygen atoms in total. The Hall–Kier alpha value is -3.07. The van der Waals surface area contributed by atoms with E-state index in [1.54, 1.807) is 7.11 Å². The Bertz CT molecular complexity index is 840. The van der Waals surface area contributed by atoms with E-state index in [2.05, 4.69) is 17.4 Å². The molecule has 120 valence electrons. The maximum atomic E-state index is 11.5. The zero-order valence-electron chi connectivity index (χ0n) is 13.7. The average Bonchev–Trinajstić information content (AvgIpc) is 2.67.